The average molecular weight is 312 g/mol. The number of carbonyl (C=O) groups is 1. The second-order valence-electron chi connectivity index (χ2n) is 4.78. The van der Waals surface area contributed by atoms with Crippen LogP contribution in [0.4, 0.5) is 4.39 Å². The summed E-state index contributed by atoms with van der Waals surface area (Å²) in [6.45, 7) is 0. The summed E-state index contributed by atoms with van der Waals surface area (Å²) in [6.07, 6.45) is 5.47. The van der Waals surface area contributed by atoms with Gasteiger partial charge in [-0.3, -0.25) is 0 Å². The fraction of sp³-hybridized carbons (Fsp3) is 0.0556. The van der Waals surface area contributed by atoms with Gasteiger partial charge < -0.3 is 4.74 Å². The summed E-state index contributed by atoms with van der Waals surface area (Å²) in [5.41, 5.74) is 2.09. The number of thioether (sulfide) groups is 1. The third kappa shape index (κ3) is 3.12. The van der Waals surface area contributed by atoms with Crippen molar-refractivity contribution in [3.8, 4) is 0 Å². The lowest BCUT2D eigenvalue weighted by atomic mass is 10.1. The maximum Gasteiger partial charge on any atom is 0.343 e. The number of hydrogen-bond donors (Lipinski definition) is 0. The Morgan fingerprint density at radius 3 is 2.36 bits per heavy atom. The molecule has 0 aromatic heterocycles. The Hall–Kier alpha value is -2.33. The van der Waals surface area contributed by atoms with E-state index < -0.39 is 5.97 Å². The quantitative estimate of drug-likeness (QED) is 0.473. The molecule has 4 heteroatoms. The first-order chi connectivity index (χ1) is 10.7. The van der Waals surface area contributed by atoms with Gasteiger partial charge in [0, 0.05) is 10.5 Å². The average Bonchev–Trinajstić information content (AvgIpc) is 2.90. The Morgan fingerprint density at radius 2 is 1.73 bits per heavy atom. The molecule has 0 unspecified atom stereocenters. The molecule has 0 bridgehead atoms. The number of esters is 1. The molecule has 1 aliphatic rings. The van der Waals surface area contributed by atoms with Crippen molar-refractivity contribution < 1.29 is 13.9 Å². The minimum atomic E-state index is -0.395. The molecule has 1 heterocycles. The summed E-state index contributed by atoms with van der Waals surface area (Å²) >= 11 is 1.66. The molecule has 22 heavy (non-hydrogen) atoms. The molecule has 3 rings (SSSR count). The smallest absolute Gasteiger partial charge is 0.343 e. The van der Waals surface area contributed by atoms with Crippen molar-refractivity contribution >= 4 is 29.6 Å². The summed E-state index contributed by atoms with van der Waals surface area (Å²) in [7, 11) is 0. The Labute approximate surface area is 132 Å². The zero-order valence-corrected chi connectivity index (χ0v) is 12.7. The van der Waals surface area contributed by atoms with E-state index in [1.54, 1.807) is 36.0 Å². The molecular formula is C18H13FO2S. The van der Waals surface area contributed by atoms with Gasteiger partial charge in [-0.05, 0) is 60.4 Å². The number of rotatable bonds is 3. The van der Waals surface area contributed by atoms with Crippen LogP contribution in [-0.2, 0) is 9.53 Å². The van der Waals surface area contributed by atoms with E-state index in [0.29, 0.717) is 16.9 Å². The minimum Gasteiger partial charge on any atom is -0.422 e. The van der Waals surface area contributed by atoms with Crippen molar-refractivity contribution in [3.05, 3.63) is 77.1 Å². The number of cyclic esters (lactones) is 1. The largest absolute Gasteiger partial charge is 0.422 e. The number of hydrogen-bond acceptors (Lipinski definition) is 3. The third-order valence-electron chi connectivity index (χ3n) is 3.29. The van der Waals surface area contributed by atoms with Crippen LogP contribution in [0.15, 0.2) is 65.1 Å². The van der Waals surface area contributed by atoms with E-state index in [2.05, 4.69) is 0 Å². The van der Waals surface area contributed by atoms with Crippen molar-refractivity contribution in [2.75, 3.05) is 6.26 Å². The highest BCUT2D eigenvalue weighted by Gasteiger charge is 2.21. The zero-order valence-electron chi connectivity index (χ0n) is 11.9. The van der Waals surface area contributed by atoms with Gasteiger partial charge in [0.25, 0.3) is 0 Å². The van der Waals surface area contributed by atoms with E-state index in [0.717, 1.165) is 5.56 Å². The van der Waals surface area contributed by atoms with Gasteiger partial charge in [0.1, 0.15) is 11.6 Å². The van der Waals surface area contributed by atoms with E-state index in [9.17, 15) is 9.18 Å². The second-order valence-corrected chi connectivity index (χ2v) is 5.66. The van der Waals surface area contributed by atoms with Gasteiger partial charge in [-0.15, -0.1) is 11.8 Å². The molecule has 0 amide bonds. The number of halogens is 1. The Kier molecular flexibility index (Phi) is 4.11. The molecule has 2 nitrogen and oxygen atoms in total. The molecular weight excluding hydrogens is 299 g/mol. The van der Waals surface area contributed by atoms with Gasteiger partial charge in [0.05, 0.1) is 5.57 Å². The lowest BCUT2D eigenvalue weighted by molar-refractivity contribution is -0.130. The summed E-state index contributed by atoms with van der Waals surface area (Å²) in [6, 6.07) is 13.8. The van der Waals surface area contributed by atoms with Crippen molar-refractivity contribution in [1.82, 2.24) is 0 Å². The van der Waals surface area contributed by atoms with Crippen LogP contribution in [0.5, 0.6) is 0 Å². The number of benzene rings is 2. The lowest BCUT2D eigenvalue weighted by Gasteiger charge is -2.00. The topological polar surface area (TPSA) is 26.3 Å². The molecule has 110 valence electrons. The van der Waals surface area contributed by atoms with Gasteiger partial charge in [0.15, 0.2) is 0 Å². The monoisotopic (exact) mass is 312 g/mol. The van der Waals surface area contributed by atoms with E-state index in [1.807, 2.05) is 30.5 Å². The highest BCUT2D eigenvalue weighted by atomic mass is 32.2. The Morgan fingerprint density at radius 1 is 1.05 bits per heavy atom. The van der Waals surface area contributed by atoms with Crippen LogP contribution >= 0.6 is 11.8 Å². The first-order valence-electron chi connectivity index (χ1n) is 6.71. The van der Waals surface area contributed by atoms with Crippen LogP contribution in [0, 0.1) is 5.82 Å². The van der Waals surface area contributed by atoms with Crippen molar-refractivity contribution in [2.45, 2.75) is 4.90 Å². The van der Waals surface area contributed by atoms with E-state index in [4.69, 9.17) is 4.74 Å². The normalized spacial score (nSPS) is 15.8. The molecule has 0 saturated carbocycles. The van der Waals surface area contributed by atoms with Crippen LogP contribution < -0.4 is 0 Å². The number of ether oxygens (including phenoxy) is 1. The molecule has 0 saturated heterocycles. The van der Waals surface area contributed by atoms with E-state index in [-0.39, 0.29) is 5.82 Å². The van der Waals surface area contributed by atoms with Crippen molar-refractivity contribution in [1.29, 1.82) is 0 Å². The zero-order chi connectivity index (χ0) is 15.5. The minimum absolute atomic E-state index is 0.321. The Bertz CT molecular complexity index is 759. The first kappa shape index (κ1) is 14.6. The predicted octanol–water partition coefficient (Wildman–Crippen LogP) is 4.53. The molecule has 0 atom stereocenters. The summed E-state index contributed by atoms with van der Waals surface area (Å²) in [5, 5.41) is 0. The molecule has 2 aromatic rings. The Balaban J connectivity index is 1.88. The van der Waals surface area contributed by atoms with E-state index in [1.165, 1.54) is 17.0 Å². The molecule has 2 aromatic carbocycles. The third-order valence-corrected chi connectivity index (χ3v) is 4.04. The number of carbonyl (C=O) groups excluding carboxylic acids is 1. The fourth-order valence-electron chi connectivity index (χ4n) is 2.13. The van der Waals surface area contributed by atoms with Gasteiger partial charge in [-0.25, -0.2) is 9.18 Å². The van der Waals surface area contributed by atoms with Crippen LogP contribution in [0.2, 0.25) is 0 Å². The van der Waals surface area contributed by atoms with Crippen LogP contribution in [0.1, 0.15) is 11.1 Å². The maximum absolute atomic E-state index is 12.9. The van der Waals surface area contributed by atoms with Crippen molar-refractivity contribution in [2.24, 2.45) is 0 Å². The predicted molar refractivity (Wildman–Crippen MR) is 86.7 cm³/mol. The standard InChI is InChI=1S/C18H13FO2S/c1-22-16-8-2-12(3-9-16)10-14-11-17(21-18(14)20)13-4-6-15(19)7-5-13/h2-11H,1H3. The first-order valence-corrected chi connectivity index (χ1v) is 7.94. The molecule has 0 N–H and O–H groups in total. The molecule has 0 aliphatic carbocycles. The van der Waals surface area contributed by atoms with Crippen LogP contribution in [0.3, 0.4) is 0 Å². The SMILES string of the molecule is CSc1ccc(C=C2C=C(c3ccc(F)cc3)OC2=O)cc1. The summed E-state index contributed by atoms with van der Waals surface area (Å²) < 4.78 is 18.2. The van der Waals surface area contributed by atoms with Crippen LogP contribution in [0.25, 0.3) is 11.8 Å². The highest BCUT2D eigenvalue weighted by molar-refractivity contribution is 7.98. The van der Waals surface area contributed by atoms with Crippen LogP contribution in [-0.4, -0.2) is 12.2 Å². The van der Waals surface area contributed by atoms with Gasteiger partial charge in [-0.2, -0.15) is 0 Å². The molecule has 0 fully saturated rings. The highest BCUT2D eigenvalue weighted by Crippen LogP contribution is 2.27. The van der Waals surface area contributed by atoms with Crippen molar-refractivity contribution in [3.63, 3.8) is 0 Å². The fourth-order valence-corrected chi connectivity index (χ4v) is 2.53. The van der Waals surface area contributed by atoms with Gasteiger partial charge in [0.2, 0.25) is 0 Å². The molecule has 1 aliphatic heterocycles. The second kappa shape index (κ2) is 6.20. The lowest BCUT2D eigenvalue weighted by Crippen LogP contribution is -1.97. The van der Waals surface area contributed by atoms with Gasteiger partial charge in [-0.1, -0.05) is 12.1 Å². The molecule has 0 radical (unpaired) electrons. The summed E-state index contributed by atoms with van der Waals surface area (Å²) in [4.78, 5) is 13.1. The van der Waals surface area contributed by atoms with E-state index >= 15 is 0 Å². The summed E-state index contributed by atoms with van der Waals surface area (Å²) in [5.74, 6) is -0.274. The van der Waals surface area contributed by atoms with Gasteiger partial charge >= 0.3 is 5.97 Å². The maximum atomic E-state index is 12.9. The molecule has 0 spiro atoms.